The molecule has 9 heteroatoms. The molecule has 0 aliphatic heterocycles. The maximum absolute atomic E-state index is 14.4. The van der Waals surface area contributed by atoms with Gasteiger partial charge in [-0.1, -0.05) is 30.4 Å². The van der Waals surface area contributed by atoms with E-state index >= 15 is 0 Å². The van der Waals surface area contributed by atoms with Gasteiger partial charge in [0.1, 0.15) is 24.6 Å². The van der Waals surface area contributed by atoms with Gasteiger partial charge in [0.15, 0.2) is 0 Å². The van der Waals surface area contributed by atoms with E-state index in [4.69, 9.17) is 4.74 Å². The van der Waals surface area contributed by atoms with E-state index in [0.717, 1.165) is 12.1 Å². The molecule has 0 radical (unpaired) electrons. The van der Waals surface area contributed by atoms with Crippen molar-refractivity contribution in [1.29, 1.82) is 0 Å². The van der Waals surface area contributed by atoms with Crippen LogP contribution in [0, 0.1) is 11.8 Å². The topological polar surface area (TPSA) is 76.0 Å². The Morgan fingerprint density at radius 2 is 2.06 bits per heavy atom. The molecule has 0 heterocycles. The third kappa shape index (κ3) is 8.81. The van der Waals surface area contributed by atoms with E-state index in [9.17, 15) is 32.6 Å². The van der Waals surface area contributed by atoms with Crippen molar-refractivity contribution >= 4 is 5.97 Å². The number of esters is 1. The van der Waals surface area contributed by atoms with Crippen molar-refractivity contribution in [1.82, 2.24) is 0 Å². The van der Waals surface area contributed by atoms with Crippen LogP contribution < -0.4 is 4.74 Å². The van der Waals surface area contributed by atoms with Crippen LogP contribution in [0.5, 0.6) is 5.75 Å². The fourth-order valence-corrected chi connectivity index (χ4v) is 3.76. The summed E-state index contributed by atoms with van der Waals surface area (Å²) in [7, 11) is 1.33. The van der Waals surface area contributed by atoms with E-state index in [1.165, 1.54) is 31.4 Å². The van der Waals surface area contributed by atoms with Crippen molar-refractivity contribution in [2.75, 3.05) is 13.7 Å². The molecule has 1 aromatic carbocycles. The minimum atomic E-state index is -4.50. The number of allylic oxidation sites excluding steroid dienone is 3. The highest BCUT2D eigenvalue weighted by molar-refractivity contribution is 5.69. The molecule has 2 rings (SSSR count). The maximum Gasteiger partial charge on any atom is 0.416 e. The van der Waals surface area contributed by atoms with Gasteiger partial charge in [-0.2, -0.15) is 13.2 Å². The third-order valence-electron chi connectivity index (χ3n) is 5.56. The average Bonchev–Trinajstić information content (AvgIpc) is 3.04. The molecule has 1 aliphatic rings. The van der Waals surface area contributed by atoms with Gasteiger partial charge < -0.3 is 19.7 Å². The summed E-state index contributed by atoms with van der Waals surface area (Å²) in [5, 5.41) is 20.3. The number of alkyl halides is 4. The van der Waals surface area contributed by atoms with Crippen LogP contribution in [0.4, 0.5) is 17.6 Å². The maximum atomic E-state index is 14.4. The van der Waals surface area contributed by atoms with Crippen LogP contribution in [0.1, 0.15) is 37.7 Å². The molecule has 0 amide bonds. The Morgan fingerprint density at radius 1 is 1.30 bits per heavy atom. The van der Waals surface area contributed by atoms with Gasteiger partial charge in [-0.05, 0) is 43.4 Å². The number of methoxy groups -OCH3 is 1. The zero-order valence-corrected chi connectivity index (χ0v) is 18.4. The lowest BCUT2D eigenvalue weighted by atomic mass is 9.90. The van der Waals surface area contributed by atoms with Crippen molar-refractivity contribution in [3.05, 3.63) is 54.1 Å². The average molecular weight is 474 g/mol. The molecule has 33 heavy (non-hydrogen) atoms. The van der Waals surface area contributed by atoms with Crippen molar-refractivity contribution in [3.8, 4) is 5.75 Å². The van der Waals surface area contributed by atoms with Crippen LogP contribution in [0.3, 0.4) is 0 Å². The first kappa shape index (κ1) is 26.9. The first-order valence-corrected chi connectivity index (χ1v) is 10.8. The number of hydrogen-bond donors (Lipinski definition) is 2. The van der Waals surface area contributed by atoms with Gasteiger partial charge in [0, 0.05) is 18.8 Å². The van der Waals surface area contributed by atoms with Crippen molar-refractivity contribution < 1.29 is 42.0 Å². The van der Waals surface area contributed by atoms with E-state index in [1.54, 1.807) is 0 Å². The van der Waals surface area contributed by atoms with Crippen LogP contribution in [-0.2, 0) is 15.7 Å². The molecule has 0 bridgehead atoms. The van der Waals surface area contributed by atoms with E-state index in [-0.39, 0.29) is 30.7 Å². The van der Waals surface area contributed by atoms with Crippen LogP contribution in [0.2, 0.25) is 0 Å². The van der Waals surface area contributed by atoms with Crippen LogP contribution in [0.15, 0.2) is 48.6 Å². The molecule has 1 fully saturated rings. The minimum absolute atomic E-state index is 0.00726. The Hall–Kier alpha value is -2.39. The summed E-state index contributed by atoms with van der Waals surface area (Å²) in [6.07, 6.45) is 0.833. The highest BCUT2D eigenvalue weighted by Crippen LogP contribution is 2.38. The Kier molecular flexibility index (Phi) is 10.4. The SMILES string of the molecule is COC(=O)CCC/C=C\C[C@@H]1[C@@H](/C=C/[C@@H](O)COc2cccc(C(F)(F)F)c2)[C@@H](F)C[C@@H]1O. The number of benzene rings is 1. The van der Waals surface area contributed by atoms with Gasteiger partial charge in [-0.25, -0.2) is 4.39 Å². The first-order chi connectivity index (χ1) is 15.6. The zero-order valence-electron chi connectivity index (χ0n) is 18.4. The Labute approximate surface area is 190 Å². The van der Waals surface area contributed by atoms with Crippen molar-refractivity contribution in [2.45, 2.75) is 56.7 Å². The smallest absolute Gasteiger partial charge is 0.416 e. The van der Waals surface area contributed by atoms with Crippen LogP contribution in [0.25, 0.3) is 0 Å². The number of halogens is 4. The molecule has 1 aromatic rings. The third-order valence-corrected chi connectivity index (χ3v) is 5.56. The molecular formula is C24H30F4O5. The standard InChI is InChI=1S/C24H30F4O5/c1-32-23(31)10-5-3-2-4-9-20-19(21(25)14-22(20)30)12-11-17(29)15-33-18-8-6-7-16(13-18)24(26,27)28/h2,4,6-8,11-13,17,19-22,29-30H,3,5,9-10,14-15H2,1H3/b4-2-,12-11+/t17-,19-,20-,21+,22+/m1/s1. The zero-order chi connectivity index (χ0) is 24.4. The molecule has 2 N–H and O–H groups in total. The van der Waals surface area contributed by atoms with Crippen LogP contribution in [-0.4, -0.2) is 48.3 Å². The molecular weight excluding hydrogens is 444 g/mol. The fraction of sp³-hybridized carbons (Fsp3) is 0.542. The summed E-state index contributed by atoms with van der Waals surface area (Å²) in [5.74, 6) is -1.30. The summed E-state index contributed by atoms with van der Waals surface area (Å²) < 4.78 is 62.5. The Morgan fingerprint density at radius 3 is 2.76 bits per heavy atom. The predicted octanol–water partition coefficient (Wildman–Crippen LogP) is 4.63. The molecule has 0 aromatic heterocycles. The number of aliphatic hydroxyl groups excluding tert-OH is 2. The normalized spacial score (nSPS) is 24.5. The Bertz CT molecular complexity index is 808. The highest BCUT2D eigenvalue weighted by Gasteiger charge is 2.40. The molecule has 184 valence electrons. The summed E-state index contributed by atoms with van der Waals surface area (Å²) >= 11 is 0. The van der Waals surface area contributed by atoms with E-state index < -0.39 is 36.0 Å². The molecule has 1 aliphatic carbocycles. The largest absolute Gasteiger partial charge is 0.491 e. The monoisotopic (exact) mass is 474 g/mol. The summed E-state index contributed by atoms with van der Waals surface area (Å²) in [6, 6.07) is 4.32. The highest BCUT2D eigenvalue weighted by atomic mass is 19.4. The number of ether oxygens (including phenoxy) is 2. The Balaban J connectivity index is 1.86. The molecule has 0 unspecified atom stereocenters. The van der Waals surface area contributed by atoms with Crippen LogP contribution >= 0.6 is 0 Å². The number of hydrogen-bond acceptors (Lipinski definition) is 5. The molecule has 0 spiro atoms. The van der Waals surface area contributed by atoms with Gasteiger partial charge >= 0.3 is 12.1 Å². The summed E-state index contributed by atoms with van der Waals surface area (Å²) in [5.41, 5.74) is -0.855. The predicted molar refractivity (Wildman–Crippen MR) is 114 cm³/mol. The number of carbonyl (C=O) groups is 1. The molecule has 0 saturated heterocycles. The number of carbonyl (C=O) groups excluding carboxylic acids is 1. The lowest BCUT2D eigenvalue weighted by Crippen LogP contribution is -2.20. The van der Waals surface area contributed by atoms with E-state index in [1.807, 2.05) is 12.2 Å². The van der Waals surface area contributed by atoms with Crippen molar-refractivity contribution in [2.24, 2.45) is 11.8 Å². The first-order valence-electron chi connectivity index (χ1n) is 10.8. The minimum Gasteiger partial charge on any atom is -0.491 e. The molecule has 1 saturated carbocycles. The van der Waals surface area contributed by atoms with Gasteiger partial charge in [0.05, 0.1) is 18.8 Å². The number of unbranched alkanes of at least 4 members (excludes halogenated alkanes) is 1. The lowest BCUT2D eigenvalue weighted by molar-refractivity contribution is -0.140. The van der Waals surface area contributed by atoms with Gasteiger partial charge in [0.25, 0.3) is 0 Å². The summed E-state index contributed by atoms with van der Waals surface area (Å²) in [6.45, 7) is -0.297. The number of aliphatic hydroxyl groups is 2. The number of rotatable bonds is 11. The lowest BCUT2D eigenvalue weighted by Gasteiger charge is -2.19. The summed E-state index contributed by atoms with van der Waals surface area (Å²) in [4.78, 5) is 11.1. The van der Waals surface area contributed by atoms with Gasteiger partial charge in [-0.3, -0.25) is 4.79 Å². The molecule has 5 nitrogen and oxygen atoms in total. The van der Waals surface area contributed by atoms with E-state index in [2.05, 4.69) is 4.74 Å². The second kappa shape index (κ2) is 12.7. The van der Waals surface area contributed by atoms with Gasteiger partial charge in [-0.15, -0.1) is 0 Å². The van der Waals surface area contributed by atoms with E-state index in [0.29, 0.717) is 25.7 Å². The second-order valence-corrected chi connectivity index (χ2v) is 8.02. The molecule has 5 atom stereocenters. The van der Waals surface area contributed by atoms with Crippen molar-refractivity contribution in [3.63, 3.8) is 0 Å². The van der Waals surface area contributed by atoms with Gasteiger partial charge in [0.2, 0.25) is 0 Å². The second-order valence-electron chi connectivity index (χ2n) is 8.02. The quantitative estimate of drug-likeness (QED) is 0.212. The fourth-order valence-electron chi connectivity index (χ4n) is 3.76.